The zero-order chi connectivity index (χ0) is 15.4. The molecule has 0 amide bonds. The van der Waals surface area contributed by atoms with Gasteiger partial charge in [0.25, 0.3) is 0 Å². The van der Waals surface area contributed by atoms with Crippen LogP contribution in [0.25, 0.3) is 11.4 Å². The average Bonchev–Trinajstić information content (AvgIpc) is 2.39. The monoisotopic (exact) mass is 318 g/mol. The number of aromatic nitrogens is 2. The number of rotatable bonds is 1. The molecule has 0 bridgehead atoms. The van der Waals surface area contributed by atoms with Gasteiger partial charge in [0.1, 0.15) is 0 Å². The summed E-state index contributed by atoms with van der Waals surface area (Å²) < 4.78 is 17.4. The molecule has 0 saturated heterocycles. The molecule has 4 N–H and O–H groups in total. The molecule has 0 aliphatic rings. The van der Waals surface area contributed by atoms with Crippen molar-refractivity contribution in [2.24, 2.45) is 0 Å². The van der Waals surface area contributed by atoms with E-state index in [1.54, 1.807) is 12.4 Å². The Bertz CT molecular complexity index is 468. The molecule has 0 aliphatic heterocycles. The van der Waals surface area contributed by atoms with Crippen LogP contribution >= 0.6 is 16.5 Å². The maximum absolute atomic E-state index is 8.70. The SMILES string of the molecule is O=[P+](O)O.O=[P+](O)O.c1ccc(-c2ccccn2)nc1. The van der Waals surface area contributed by atoms with Gasteiger partial charge >= 0.3 is 16.5 Å². The van der Waals surface area contributed by atoms with Gasteiger partial charge in [-0.15, -0.1) is 19.6 Å². The normalized spacial score (nSPS) is 8.40. The molecule has 20 heavy (non-hydrogen) atoms. The fourth-order valence-corrected chi connectivity index (χ4v) is 1.03. The van der Waals surface area contributed by atoms with E-state index in [2.05, 4.69) is 9.97 Å². The van der Waals surface area contributed by atoms with E-state index in [0.29, 0.717) is 0 Å². The Morgan fingerprint density at radius 1 is 0.700 bits per heavy atom. The van der Waals surface area contributed by atoms with Gasteiger partial charge in [-0.3, -0.25) is 9.97 Å². The lowest BCUT2D eigenvalue weighted by Crippen LogP contribution is -1.83. The number of nitrogens with zero attached hydrogens (tertiary/aromatic N) is 2. The molecule has 0 saturated carbocycles. The summed E-state index contributed by atoms with van der Waals surface area (Å²) in [7, 11) is -5.74. The van der Waals surface area contributed by atoms with E-state index >= 15 is 0 Å². The predicted octanol–water partition coefficient (Wildman–Crippen LogP) is 1.40. The summed E-state index contributed by atoms with van der Waals surface area (Å²) in [6.45, 7) is 0. The van der Waals surface area contributed by atoms with E-state index in [1.807, 2.05) is 36.4 Å². The third kappa shape index (κ3) is 11.4. The summed E-state index contributed by atoms with van der Waals surface area (Å²) in [6, 6.07) is 11.6. The van der Waals surface area contributed by atoms with Gasteiger partial charge in [0.05, 0.1) is 11.4 Å². The molecule has 106 valence electrons. The van der Waals surface area contributed by atoms with Gasteiger partial charge in [-0.1, -0.05) is 12.1 Å². The van der Waals surface area contributed by atoms with Crippen LogP contribution in [0.15, 0.2) is 48.8 Å². The first-order valence-electron chi connectivity index (χ1n) is 4.96. The molecule has 0 fully saturated rings. The molecule has 0 aromatic carbocycles. The van der Waals surface area contributed by atoms with Gasteiger partial charge in [0.2, 0.25) is 0 Å². The topological polar surface area (TPSA) is 141 Å². The summed E-state index contributed by atoms with van der Waals surface area (Å²) in [6.07, 6.45) is 3.54. The molecule has 10 heteroatoms. The number of pyridine rings is 2. The van der Waals surface area contributed by atoms with Crippen LogP contribution in [0.3, 0.4) is 0 Å². The molecule has 0 aliphatic carbocycles. The van der Waals surface area contributed by atoms with Crippen LogP contribution in [0.4, 0.5) is 0 Å². The second-order valence-corrected chi connectivity index (χ2v) is 3.95. The van der Waals surface area contributed by atoms with Crippen molar-refractivity contribution in [3.8, 4) is 11.4 Å². The molecular formula is C10H12N2O6P2+2. The quantitative estimate of drug-likeness (QED) is 0.578. The summed E-state index contributed by atoms with van der Waals surface area (Å²) in [5.74, 6) is 0. The third-order valence-corrected chi connectivity index (χ3v) is 1.59. The minimum Gasteiger partial charge on any atom is -0.255 e. The van der Waals surface area contributed by atoms with Crippen molar-refractivity contribution in [1.82, 2.24) is 9.97 Å². The maximum Gasteiger partial charge on any atom is 0.692 e. The van der Waals surface area contributed by atoms with E-state index < -0.39 is 16.5 Å². The zero-order valence-corrected chi connectivity index (χ0v) is 11.8. The molecule has 0 radical (unpaired) electrons. The fourth-order valence-electron chi connectivity index (χ4n) is 1.03. The number of hydrogen-bond donors (Lipinski definition) is 4. The molecule has 2 heterocycles. The first-order chi connectivity index (χ1) is 9.43. The highest BCUT2D eigenvalue weighted by atomic mass is 31.1. The minimum absolute atomic E-state index is 0.915. The number of hydrogen-bond acceptors (Lipinski definition) is 4. The second-order valence-electron chi connectivity index (χ2n) is 2.94. The van der Waals surface area contributed by atoms with Crippen molar-refractivity contribution in [2.75, 3.05) is 0 Å². The first kappa shape index (κ1) is 18.3. The van der Waals surface area contributed by atoms with Crippen LogP contribution < -0.4 is 0 Å². The van der Waals surface area contributed by atoms with E-state index in [-0.39, 0.29) is 0 Å². The Morgan fingerprint density at radius 3 is 1.20 bits per heavy atom. The molecule has 2 rings (SSSR count). The largest absolute Gasteiger partial charge is 0.692 e. The molecule has 0 atom stereocenters. The van der Waals surface area contributed by atoms with Crippen molar-refractivity contribution < 1.29 is 28.7 Å². The summed E-state index contributed by atoms with van der Waals surface area (Å²) in [4.78, 5) is 36.9. The molecule has 2 aromatic heterocycles. The lowest BCUT2D eigenvalue weighted by atomic mass is 10.2. The van der Waals surface area contributed by atoms with Gasteiger partial charge in [0, 0.05) is 21.5 Å². The lowest BCUT2D eigenvalue weighted by Gasteiger charge is -1.96. The van der Waals surface area contributed by atoms with Crippen LogP contribution in [-0.2, 0) is 9.13 Å². The molecule has 0 unspecified atom stereocenters. The van der Waals surface area contributed by atoms with Gasteiger partial charge in [-0.2, -0.15) is 0 Å². The van der Waals surface area contributed by atoms with Crippen LogP contribution in [0.2, 0.25) is 0 Å². The standard InChI is InChI=1S/C10H8N2.2HO3P/c1-3-7-11-9(5-1)10-6-2-4-8-12-10;2*1-4(2)3/h1-8H;2*(H-,1,2,3)/p+2. The molecule has 0 spiro atoms. The Hall–Kier alpha value is -1.66. The zero-order valence-electron chi connectivity index (χ0n) is 10.0. The lowest BCUT2D eigenvalue weighted by molar-refractivity contribution is 0.403. The Balaban J connectivity index is 0.000000380. The third-order valence-electron chi connectivity index (χ3n) is 1.59. The Kier molecular flexibility index (Phi) is 10.3. The van der Waals surface area contributed by atoms with E-state index in [1.165, 1.54) is 0 Å². The smallest absolute Gasteiger partial charge is 0.255 e. The summed E-state index contributed by atoms with van der Waals surface area (Å²) in [5.41, 5.74) is 1.83. The Morgan fingerprint density at radius 2 is 1.00 bits per heavy atom. The van der Waals surface area contributed by atoms with E-state index in [9.17, 15) is 0 Å². The van der Waals surface area contributed by atoms with E-state index in [4.69, 9.17) is 28.7 Å². The van der Waals surface area contributed by atoms with Crippen LogP contribution in [0.5, 0.6) is 0 Å². The van der Waals surface area contributed by atoms with Crippen molar-refractivity contribution in [3.05, 3.63) is 48.8 Å². The van der Waals surface area contributed by atoms with Crippen LogP contribution in [0, 0.1) is 0 Å². The highest BCUT2D eigenvalue weighted by Gasteiger charge is 1.95. The second kappa shape index (κ2) is 11.2. The van der Waals surface area contributed by atoms with Gasteiger partial charge < -0.3 is 0 Å². The van der Waals surface area contributed by atoms with Crippen LogP contribution in [-0.4, -0.2) is 29.5 Å². The minimum atomic E-state index is -2.87. The van der Waals surface area contributed by atoms with Crippen molar-refractivity contribution in [1.29, 1.82) is 0 Å². The molecule has 2 aromatic rings. The molecule has 8 nitrogen and oxygen atoms in total. The predicted molar refractivity (Wildman–Crippen MR) is 71.6 cm³/mol. The highest BCUT2D eigenvalue weighted by molar-refractivity contribution is 7.31. The first-order valence-corrected chi connectivity index (χ1v) is 7.29. The van der Waals surface area contributed by atoms with E-state index in [0.717, 1.165) is 11.4 Å². The highest BCUT2D eigenvalue weighted by Crippen LogP contribution is 2.10. The van der Waals surface area contributed by atoms with Gasteiger partial charge in [-0.05, 0) is 24.3 Å². The van der Waals surface area contributed by atoms with Crippen molar-refractivity contribution in [2.45, 2.75) is 0 Å². The van der Waals surface area contributed by atoms with Gasteiger partial charge in [0.15, 0.2) is 0 Å². The van der Waals surface area contributed by atoms with Crippen molar-refractivity contribution in [3.63, 3.8) is 0 Å². The maximum atomic E-state index is 8.70. The summed E-state index contributed by atoms with van der Waals surface area (Å²) in [5, 5.41) is 0. The average molecular weight is 318 g/mol. The fraction of sp³-hybridized carbons (Fsp3) is 0. The summed E-state index contributed by atoms with van der Waals surface area (Å²) >= 11 is 0. The molecular weight excluding hydrogens is 306 g/mol. The van der Waals surface area contributed by atoms with Crippen molar-refractivity contribution >= 4 is 16.5 Å². The van der Waals surface area contributed by atoms with Gasteiger partial charge in [-0.25, -0.2) is 0 Å². The van der Waals surface area contributed by atoms with Crippen LogP contribution in [0.1, 0.15) is 0 Å². The Labute approximate surface area is 116 Å².